The fourth-order valence-corrected chi connectivity index (χ4v) is 5.35. The second-order valence-electron chi connectivity index (χ2n) is 10.1. The monoisotopic (exact) mass is 657 g/mol. The van der Waals surface area contributed by atoms with Gasteiger partial charge in [-0.2, -0.15) is 9.78 Å². The molecule has 5 aromatic rings. The van der Waals surface area contributed by atoms with Crippen molar-refractivity contribution in [2.24, 2.45) is 5.10 Å². The van der Waals surface area contributed by atoms with Crippen LogP contribution in [0.2, 0.25) is 0 Å². The molecule has 0 atom stereocenters. The molecule has 0 N–H and O–H groups in total. The molecule has 0 saturated carbocycles. The summed E-state index contributed by atoms with van der Waals surface area (Å²) in [5.41, 5.74) is 5.22. The van der Waals surface area contributed by atoms with E-state index < -0.39 is 0 Å². The van der Waals surface area contributed by atoms with E-state index in [2.05, 4.69) is 47.6 Å². The van der Waals surface area contributed by atoms with E-state index in [4.69, 9.17) is 14.5 Å². The number of ether oxygens (including phenoxy) is 2. The summed E-state index contributed by atoms with van der Waals surface area (Å²) in [6.45, 7) is 9.32. The Labute approximate surface area is 253 Å². The highest BCUT2D eigenvalue weighted by molar-refractivity contribution is 14.1. The number of benzene rings is 4. The molecule has 6 nitrogen and oxygen atoms in total. The minimum atomic E-state index is -0.223. The predicted molar refractivity (Wildman–Crippen MR) is 174 cm³/mol. The summed E-state index contributed by atoms with van der Waals surface area (Å²) in [6, 6.07) is 27.4. The van der Waals surface area contributed by atoms with Crippen LogP contribution in [-0.4, -0.2) is 22.5 Å². The third kappa shape index (κ3) is 6.35. The lowest BCUT2D eigenvalue weighted by Gasteiger charge is -2.18. The third-order valence-corrected chi connectivity index (χ3v) is 7.63. The Morgan fingerprint density at radius 2 is 1.71 bits per heavy atom. The zero-order valence-corrected chi connectivity index (χ0v) is 25.8. The minimum Gasteiger partial charge on any atom is -0.494 e. The van der Waals surface area contributed by atoms with Gasteiger partial charge in [-0.1, -0.05) is 56.3 Å². The molecule has 7 heteroatoms. The molecule has 0 aliphatic carbocycles. The van der Waals surface area contributed by atoms with Gasteiger partial charge in [-0.25, -0.2) is 4.98 Å². The zero-order chi connectivity index (χ0) is 28.9. The molecule has 41 heavy (non-hydrogen) atoms. The van der Waals surface area contributed by atoms with Gasteiger partial charge >= 0.3 is 0 Å². The number of para-hydroxylation sites is 1. The van der Waals surface area contributed by atoms with Crippen LogP contribution < -0.4 is 15.0 Å². The highest BCUT2D eigenvalue weighted by atomic mass is 127. The number of fused-ring (bicyclic) bond motifs is 1. The lowest BCUT2D eigenvalue weighted by atomic mass is 9.96. The van der Waals surface area contributed by atoms with Crippen LogP contribution in [0.1, 0.15) is 48.9 Å². The summed E-state index contributed by atoms with van der Waals surface area (Å²) >= 11 is 2.26. The van der Waals surface area contributed by atoms with Gasteiger partial charge in [0.25, 0.3) is 5.56 Å². The number of hydrogen-bond donors (Lipinski definition) is 0. The average Bonchev–Trinajstić information content (AvgIpc) is 2.97. The first-order valence-electron chi connectivity index (χ1n) is 13.7. The molecular weight excluding hydrogens is 625 g/mol. The van der Waals surface area contributed by atoms with Crippen molar-refractivity contribution in [3.05, 3.63) is 121 Å². The van der Waals surface area contributed by atoms with Crippen LogP contribution >= 0.6 is 22.6 Å². The fraction of sp³-hybridized carbons (Fsp3) is 0.206. The number of halogens is 1. The lowest BCUT2D eigenvalue weighted by molar-refractivity contribution is 0.304. The van der Waals surface area contributed by atoms with Crippen molar-refractivity contribution in [1.82, 2.24) is 9.66 Å². The van der Waals surface area contributed by atoms with Crippen LogP contribution in [0.4, 0.5) is 0 Å². The molecule has 0 saturated heterocycles. The average molecular weight is 658 g/mol. The normalized spacial score (nSPS) is 11.5. The van der Waals surface area contributed by atoms with Crippen molar-refractivity contribution in [2.75, 3.05) is 6.61 Å². The Morgan fingerprint density at radius 3 is 2.44 bits per heavy atom. The third-order valence-electron chi connectivity index (χ3n) is 6.79. The summed E-state index contributed by atoms with van der Waals surface area (Å²) in [7, 11) is 0. The Kier molecular flexibility index (Phi) is 8.83. The van der Waals surface area contributed by atoms with Crippen LogP contribution in [0, 0.1) is 10.5 Å². The van der Waals surface area contributed by atoms with Crippen molar-refractivity contribution in [1.29, 1.82) is 0 Å². The molecule has 0 amide bonds. The molecule has 0 fully saturated rings. The summed E-state index contributed by atoms with van der Waals surface area (Å²) in [5.74, 6) is 2.36. The quantitative estimate of drug-likeness (QED) is 0.119. The van der Waals surface area contributed by atoms with E-state index in [9.17, 15) is 4.79 Å². The van der Waals surface area contributed by atoms with Gasteiger partial charge in [0.15, 0.2) is 5.82 Å². The van der Waals surface area contributed by atoms with Crippen molar-refractivity contribution >= 4 is 39.7 Å². The molecule has 1 heterocycles. The van der Waals surface area contributed by atoms with E-state index in [1.165, 1.54) is 4.68 Å². The Balaban J connectivity index is 1.55. The smallest absolute Gasteiger partial charge is 0.282 e. The molecule has 0 bridgehead atoms. The van der Waals surface area contributed by atoms with E-state index >= 15 is 0 Å². The van der Waals surface area contributed by atoms with Gasteiger partial charge in [-0.3, -0.25) is 4.79 Å². The predicted octanol–water partition coefficient (Wildman–Crippen LogP) is 7.96. The van der Waals surface area contributed by atoms with Crippen LogP contribution in [0.15, 0.2) is 94.8 Å². The maximum absolute atomic E-state index is 13.7. The van der Waals surface area contributed by atoms with Crippen molar-refractivity contribution in [3.8, 4) is 22.9 Å². The van der Waals surface area contributed by atoms with Crippen LogP contribution in [0.5, 0.6) is 11.5 Å². The molecule has 0 aliphatic rings. The van der Waals surface area contributed by atoms with E-state index in [-0.39, 0.29) is 11.5 Å². The van der Waals surface area contributed by atoms with E-state index in [0.29, 0.717) is 29.9 Å². The first-order chi connectivity index (χ1) is 19.9. The zero-order valence-electron chi connectivity index (χ0n) is 23.6. The van der Waals surface area contributed by atoms with Gasteiger partial charge < -0.3 is 9.47 Å². The van der Waals surface area contributed by atoms with E-state index in [1.807, 2.05) is 86.6 Å². The summed E-state index contributed by atoms with van der Waals surface area (Å²) in [5, 5.41) is 5.20. The van der Waals surface area contributed by atoms with Gasteiger partial charge in [0.05, 0.1) is 27.3 Å². The summed E-state index contributed by atoms with van der Waals surface area (Å²) in [4.78, 5) is 18.7. The molecule has 5 rings (SSSR count). The summed E-state index contributed by atoms with van der Waals surface area (Å²) < 4.78 is 14.3. The Morgan fingerprint density at radius 1 is 0.951 bits per heavy atom. The van der Waals surface area contributed by atoms with Crippen molar-refractivity contribution < 1.29 is 9.47 Å². The highest BCUT2D eigenvalue weighted by Gasteiger charge is 2.18. The topological polar surface area (TPSA) is 65.7 Å². The number of nitrogens with zero attached hydrogens (tertiary/aromatic N) is 3. The second-order valence-corrected chi connectivity index (χ2v) is 11.2. The first-order valence-corrected chi connectivity index (χ1v) is 14.7. The van der Waals surface area contributed by atoms with Crippen LogP contribution in [0.25, 0.3) is 22.3 Å². The largest absolute Gasteiger partial charge is 0.494 e. The Bertz CT molecular complexity index is 1780. The number of rotatable bonds is 9. The van der Waals surface area contributed by atoms with Crippen LogP contribution in [0.3, 0.4) is 0 Å². The van der Waals surface area contributed by atoms with E-state index in [0.717, 1.165) is 42.9 Å². The van der Waals surface area contributed by atoms with Gasteiger partial charge in [0.1, 0.15) is 18.1 Å². The number of hydrogen-bond acceptors (Lipinski definition) is 5. The highest BCUT2D eigenvalue weighted by Crippen LogP contribution is 2.34. The number of aromatic nitrogens is 2. The van der Waals surface area contributed by atoms with Gasteiger partial charge in [-0.05, 0) is 107 Å². The van der Waals surface area contributed by atoms with Gasteiger partial charge in [-0.15, -0.1) is 0 Å². The fourth-order valence-electron chi connectivity index (χ4n) is 4.65. The Hall–Kier alpha value is -3.98. The molecule has 1 aromatic heterocycles. The number of aryl methyl sites for hydroxylation is 1. The molecule has 0 spiro atoms. The molecule has 208 valence electrons. The molecule has 0 aliphatic heterocycles. The molecular formula is C34H32IN3O3. The van der Waals surface area contributed by atoms with E-state index in [1.54, 1.807) is 12.3 Å². The minimum absolute atomic E-state index is 0.223. The first kappa shape index (κ1) is 28.5. The maximum atomic E-state index is 13.7. The summed E-state index contributed by atoms with van der Waals surface area (Å²) in [6.07, 6.45) is 1.69. The standard InChI is InChI=1S/C34H32IN3O3/c1-5-40-32-17-23(4)28(19-27(32)22(2)3)33-37-30-14-10-9-13-26(30)34(39)38(33)36-20-25-15-16-31(29(35)18-25)41-21-24-11-7-6-8-12-24/h6-20,22H,5,21H2,1-4H3. The lowest BCUT2D eigenvalue weighted by Crippen LogP contribution is -2.21. The molecule has 0 radical (unpaired) electrons. The molecule has 0 unspecified atom stereocenters. The van der Waals surface area contributed by atoms with Gasteiger partial charge in [0, 0.05) is 5.56 Å². The van der Waals surface area contributed by atoms with Crippen molar-refractivity contribution in [3.63, 3.8) is 0 Å². The van der Waals surface area contributed by atoms with Gasteiger partial charge in [0.2, 0.25) is 0 Å². The second kappa shape index (κ2) is 12.7. The SMILES string of the molecule is CCOc1cc(C)c(-c2nc3ccccc3c(=O)n2N=Cc2ccc(OCc3ccccc3)c(I)c2)cc1C(C)C. The van der Waals surface area contributed by atoms with Crippen molar-refractivity contribution in [2.45, 2.75) is 40.2 Å². The molecule has 4 aromatic carbocycles. The van der Waals surface area contributed by atoms with Crippen LogP contribution in [-0.2, 0) is 6.61 Å². The maximum Gasteiger partial charge on any atom is 0.282 e.